The van der Waals surface area contributed by atoms with Crippen LogP contribution in [0.1, 0.15) is 11.6 Å². The molecule has 0 unspecified atom stereocenters. The summed E-state index contributed by atoms with van der Waals surface area (Å²) in [6.45, 7) is 0. The molecule has 0 aliphatic carbocycles. The zero-order valence-corrected chi connectivity index (χ0v) is 9.41. The number of benzene rings is 1. The first-order chi connectivity index (χ1) is 8.22. The summed E-state index contributed by atoms with van der Waals surface area (Å²) in [6.07, 6.45) is 3.48. The average Bonchev–Trinajstić information content (AvgIpc) is 2.83. The number of hydrogen-bond acceptors (Lipinski definition) is 2. The van der Waals surface area contributed by atoms with Gasteiger partial charge in [-0.1, -0.05) is 12.1 Å². The highest BCUT2D eigenvalue weighted by Gasteiger charge is 2.20. The average molecular weight is 231 g/mol. The molecule has 1 aromatic carbocycles. The normalized spacial score (nSPS) is 12.1. The molecule has 1 heterocycles. The number of carboxylic acid groups (broad SMARTS) is 1. The zero-order chi connectivity index (χ0) is 12.3. The fourth-order valence-corrected chi connectivity index (χ4v) is 1.75. The van der Waals surface area contributed by atoms with Gasteiger partial charge >= 0.3 is 5.97 Å². The van der Waals surface area contributed by atoms with Crippen molar-refractivity contribution in [2.45, 2.75) is 6.04 Å². The van der Waals surface area contributed by atoms with E-state index in [0.29, 0.717) is 5.75 Å². The molecule has 88 valence electrons. The molecule has 1 N–H and O–H groups in total. The Hall–Kier alpha value is -2.23. The lowest BCUT2D eigenvalue weighted by molar-refractivity contribution is -0.139. The number of aromatic nitrogens is 1. The van der Waals surface area contributed by atoms with Crippen LogP contribution in [-0.2, 0) is 4.79 Å². The number of hydrogen-bond donors (Lipinski definition) is 1. The molecule has 1 aromatic heterocycles. The van der Waals surface area contributed by atoms with Crippen LogP contribution in [0.25, 0.3) is 0 Å². The molecule has 17 heavy (non-hydrogen) atoms. The minimum atomic E-state index is -0.883. The number of aliphatic carboxylic acids is 1. The van der Waals surface area contributed by atoms with Crippen molar-refractivity contribution in [3.05, 3.63) is 54.4 Å². The third kappa shape index (κ3) is 2.30. The Morgan fingerprint density at radius 2 is 1.82 bits per heavy atom. The molecule has 0 aliphatic heterocycles. The zero-order valence-electron chi connectivity index (χ0n) is 9.41. The Labute approximate surface area is 99.1 Å². The van der Waals surface area contributed by atoms with Crippen LogP contribution in [0.15, 0.2) is 48.8 Å². The molecule has 1 atom stereocenters. The summed E-state index contributed by atoms with van der Waals surface area (Å²) in [5.41, 5.74) is 0.717. The quantitative estimate of drug-likeness (QED) is 0.877. The van der Waals surface area contributed by atoms with Gasteiger partial charge in [0.15, 0.2) is 6.04 Å². The molecule has 0 amide bonds. The second kappa shape index (κ2) is 4.74. The van der Waals surface area contributed by atoms with Crippen molar-refractivity contribution in [3.63, 3.8) is 0 Å². The molecule has 0 fully saturated rings. The van der Waals surface area contributed by atoms with Gasteiger partial charge in [-0.05, 0) is 29.8 Å². The van der Waals surface area contributed by atoms with Gasteiger partial charge in [0.2, 0.25) is 0 Å². The molecule has 4 heteroatoms. The van der Waals surface area contributed by atoms with E-state index in [0.717, 1.165) is 5.56 Å². The molecule has 2 aromatic rings. The first-order valence-electron chi connectivity index (χ1n) is 5.21. The van der Waals surface area contributed by atoms with E-state index in [1.807, 2.05) is 0 Å². The third-order valence-corrected chi connectivity index (χ3v) is 2.59. The van der Waals surface area contributed by atoms with Crippen LogP contribution in [0.4, 0.5) is 0 Å². The highest BCUT2D eigenvalue weighted by Crippen LogP contribution is 2.21. The van der Waals surface area contributed by atoms with Gasteiger partial charge in [-0.2, -0.15) is 0 Å². The predicted octanol–water partition coefficient (Wildman–Crippen LogP) is 2.17. The predicted molar refractivity (Wildman–Crippen MR) is 63.2 cm³/mol. The number of carboxylic acids is 1. The minimum absolute atomic E-state index is 0.698. The Morgan fingerprint density at radius 3 is 2.29 bits per heavy atom. The molecule has 0 saturated heterocycles. The van der Waals surface area contributed by atoms with Gasteiger partial charge in [0, 0.05) is 12.4 Å². The Kier molecular flexibility index (Phi) is 3.14. The number of nitrogens with zero attached hydrogens (tertiary/aromatic N) is 1. The summed E-state index contributed by atoms with van der Waals surface area (Å²) in [5, 5.41) is 9.27. The van der Waals surface area contributed by atoms with E-state index >= 15 is 0 Å². The van der Waals surface area contributed by atoms with Crippen LogP contribution >= 0.6 is 0 Å². The van der Waals surface area contributed by atoms with E-state index in [2.05, 4.69) is 0 Å². The van der Waals surface area contributed by atoms with E-state index in [9.17, 15) is 9.90 Å². The van der Waals surface area contributed by atoms with Gasteiger partial charge in [-0.25, -0.2) is 4.79 Å². The first-order valence-corrected chi connectivity index (χ1v) is 5.21. The van der Waals surface area contributed by atoms with Crippen LogP contribution in [-0.4, -0.2) is 22.8 Å². The number of carbonyl (C=O) groups is 1. The van der Waals surface area contributed by atoms with Crippen LogP contribution in [0, 0.1) is 0 Å². The number of rotatable bonds is 4. The summed E-state index contributed by atoms with van der Waals surface area (Å²) < 4.78 is 6.70. The largest absolute Gasteiger partial charge is 0.497 e. The summed E-state index contributed by atoms with van der Waals surface area (Å²) in [5.74, 6) is -0.170. The van der Waals surface area contributed by atoms with E-state index < -0.39 is 12.0 Å². The van der Waals surface area contributed by atoms with Crippen molar-refractivity contribution in [1.82, 2.24) is 4.57 Å². The standard InChI is InChI=1S/C13H13NO3/c1-17-11-6-4-10(5-7-11)12(13(15)16)14-8-2-3-9-14/h2-9,12H,1H3,(H,15,16)/t12-/m0/s1. The fourth-order valence-electron chi connectivity index (χ4n) is 1.75. The van der Waals surface area contributed by atoms with Gasteiger partial charge in [-0.15, -0.1) is 0 Å². The van der Waals surface area contributed by atoms with Crippen molar-refractivity contribution in [2.24, 2.45) is 0 Å². The van der Waals surface area contributed by atoms with Gasteiger partial charge in [0.1, 0.15) is 5.75 Å². The fraction of sp³-hybridized carbons (Fsp3) is 0.154. The molecular formula is C13H13NO3. The van der Waals surface area contributed by atoms with E-state index in [4.69, 9.17) is 4.74 Å². The summed E-state index contributed by atoms with van der Waals surface area (Å²) in [7, 11) is 1.58. The van der Waals surface area contributed by atoms with Crippen molar-refractivity contribution < 1.29 is 14.6 Å². The number of ether oxygens (including phenoxy) is 1. The molecule has 0 aliphatic rings. The highest BCUT2D eigenvalue weighted by molar-refractivity contribution is 5.76. The summed E-state index contributed by atoms with van der Waals surface area (Å²) in [4.78, 5) is 11.3. The van der Waals surface area contributed by atoms with Crippen LogP contribution in [0.3, 0.4) is 0 Å². The van der Waals surface area contributed by atoms with Gasteiger partial charge in [0.25, 0.3) is 0 Å². The van der Waals surface area contributed by atoms with Gasteiger partial charge < -0.3 is 14.4 Å². The maximum Gasteiger partial charge on any atom is 0.331 e. The molecular weight excluding hydrogens is 218 g/mol. The second-order valence-corrected chi connectivity index (χ2v) is 3.64. The van der Waals surface area contributed by atoms with Crippen molar-refractivity contribution in [3.8, 4) is 5.75 Å². The smallest absolute Gasteiger partial charge is 0.331 e. The molecule has 0 radical (unpaired) electrons. The lowest BCUT2D eigenvalue weighted by atomic mass is 10.1. The van der Waals surface area contributed by atoms with Crippen molar-refractivity contribution >= 4 is 5.97 Å². The summed E-state index contributed by atoms with van der Waals surface area (Å²) >= 11 is 0. The maximum atomic E-state index is 11.3. The highest BCUT2D eigenvalue weighted by atomic mass is 16.5. The Bertz CT molecular complexity index is 488. The lowest BCUT2D eigenvalue weighted by Gasteiger charge is -2.15. The molecule has 4 nitrogen and oxygen atoms in total. The Balaban J connectivity index is 2.36. The van der Waals surface area contributed by atoms with Crippen LogP contribution < -0.4 is 4.74 Å². The van der Waals surface area contributed by atoms with E-state index in [-0.39, 0.29) is 0 Å². The van der Waals surface area contributed by atoms with Gasteiger partial charge in [0.05, 0.1) is 7.11 Å². The first kappa shape index (κ1) is 11.3. The summed E-state index contributed by atoms with van der Waals surface area (Å²) in [6, 6.07) is 9.95. The van der Waals surface area contributed by atoms with E-state index in [1.54, 1.807) is 60.5 Å². The third-order valence-electron chi connectivity index (χ3n) is 2.59. The van der Waals surface area contributed by atoms with E-state index in [1.165, 1.54) is 0 Å². The maximum absolute atomic E-state index is 11.3. The van der Waals surface area contributed by atoms with Crippen molar-refractivity contribution in [1.29, 1.82) is 0 Å². The molecule has 0 saturated carbocycles. The van der Waals surface area contributed by atoms with Gasteiger partial charge in [-0.3, -0.25) is 0 Å². The monoisotopic (exact) mass is 231 g/mol. The Morgan fingerprint density at radius 1 is 1.24 bits per heavy atom. The molecule has 0 spiro atoms. The van der Waals surface area contributed by atoms with Crippen LogP contribution in [0.5, 0.6) is 5.75 Å². The second-order valence-electron chi connectivity index (χ2n) is 3.64. The molecule has 2 rings (SSSR count). The van der Waals surface area contributed by atoms with Crippen LogP contribution in [0.2, 0.25) is 0 Å². The molecule has 0 bridgehead atoms. The van der Waals surface area contributed by atoms with Crippen molar-refractivity contribution in [2.75, 3.05) is 7.11 Å². The number of methoxy groups -OCH3 is 1. The lowest BCUT2D eigenvalue weighted by Crippen LogP contribution is -2.18. The SMILES string of the molecule is COc1ccc([C@@H](C(=O)O)n2cccc2)cc1. The minimum Gasteiger partial charge on any atom is -0.497 e. The topological polar surface area (TPSA) is 51.5 Å².